The van der Waals surface area contributed by atoms with E-state index < -0.39 is 11.6 Å². The summed E-state index contributed by atoms with van der Waals surface area (Å²) in [4.78, 5) is 15.0. The molecule has 7 atom stereocenters. The Labute approximate surface area is 248 Å². The predicted octanol–water partition coefficient (Wildman–Crippen LogP) is 5.23. The lowest BCUT2D eigenvalue weighted by Crippen LogP contribution is -2.84. The van der Waals surface area contributed by atoms with Crippen molar-refractivity contribution in [1.29, 1.82) is 0 Å². The van der Waals surface area contributed by atoms with Gasteiger partial charge in [0.2, 0.25) is 0 Å². The fraction of sp³-hybridized carbons (Fsp3) is 0.629. The minimum Gasteiger partial charge on any atom is -0.493 e. The molecule has 2 aliphatic heterocycles. The zero-order chi connectivity index (χ0) is 28.7. The summed E-state index contributed by atoms with van der Waals surface area (Å²) in [6.07, 6.45) is 7.24. The van der Waals surface area contributed by atoms with Gasteiger partial charge in [0.15, 0.2) is 11.5 Å². The Balaban J connectivity index is 1.29. The van der Waals surface area contributed by atoms with Crippen molar-refractivity contribution in [3.8, 4) is 11.5 Å². The largest absolute Gasteiger partial charge is 0.493 e. The van der Waals surface area contributed by atoms with Gasteiger partial charge in [-0.05, 0) is 80.5 Å². The Bertz CT molecular complexity index is 1380. The molecule has 4 bridgehead atoms. The molecular formula is C35H43NO6. The second-order valence-electron chi connectivity index (χ2n) is 13.9. The first-order valence-electron chi connectivity index (χ1n) is 16.0. The van der Waals surface area contributed by atoms with Crippen LogP contribution in [0.4, 0.5) is 0 Å². The SMILES string of the molecule is COc1ccc2c3c1O[C@H]1C4(OC)CCC5([C@@H](CCC(=O)O)[C@@H]4COCc4ccccc4)[C@@H](C2)N(CC2CC2)CCC315. The molecular weight excluding hydrogens is 530 g/mol. The first-order chi connectivity index (χ1) is 20.5. The third kappa shape index (κ3) is 3.47. The van der Waals surface area contributed by atoms with Crippen LogP contribution in [0.2, 0.25) is 0 Å². The maximum absolute atomic E-state index is 12.2. The Kier molecular flexibility index (Phi) is 6.23. The summed E-state index contributed by atoms with van der Waals surface area (Å²) in [6, 6.07) is 15.0. The van der Waals surface area contributed by atoms with Crippen LogP contribution < -0.4 is 9.47 Å². The highest BCUT2D eigenvalue weighted by molar-refractivity contribution is 5.67. The first-order valence-corrected chi connectivity index (χ1v) is 16.0. The van der Waals surface area contributed by atoms with E-state index in [2.05, 4.69) is 29.2 Å². The van der Waals surface area contributed by atoms with Crippen LogP contribution in [0.5, 0.6) is 11.5 Å². The van der Waals surface area contributed by atoms with Crippen molar-refractivity contribution in [3.05, 3.63) is 59.2 Å². The third-order valence-corrected chi connectivity index (χ3v) is 12.4. The number of hydrogen-bond donors (Lipinski definition) is 1. The minimum atomic E-state index is -0.724. The minimum absolute atomic E-state index is 0.0302. The van der Waals surface area contributed by atoms with E-state index in [1.165, 1.54) is 24.0 Å². The van der Waals surface area contributed by atoms with Gasteiger partial charge in [0.25, 0.3) is 0 Å². The number of aliphatic carboxylic acids is 1. The fourth-order valence-corrected chi connectivity index (χ4v) is 10.8. The summed E-state index contributed by atoms with van der Waals surface area (Å²) in [6.45, 7) is 3.27. The molecule has 7 heteroatoms. The number of carbonyl (C=O) groups is 1. The Morgan fingerprint density at radius 2 is 1.90 bits per heavy atom. The average Bonchev–Trinajstić information content (AvgIpc) is 3.75. The molecule has 3 unspecified atom stereocenters. The lowest BCUT2D eigenvalue weighted by molar-refractivity contribution is -0.312. The number of methoxy groups -OCH3 is 2. The van der Waals surface area contributed by atoms with Gasteiger partial charge in [-0.3, -0.25) is 9.69 Å². The lowest BCUT2D eigenvalue weighted by atomic mass is 9.31. The zero-order valence-corrected chi connectivity index (χ0v) is 24.8. The smallest absolute Gasteiger partial charge is 0.303 e. The zero-order valence-electron chi connectivity index (χ0n) is 24.8. The highest BCUT2D eigenvalue weighted by Crippen LogP contribution is 2.78. The molecule has 7 nitrogen and oxygen atoms in total. The van der Waals surface area contributed by atoms with Crippen molar-refractivity contribution in [3.63, 3.8) is 0 Å². The molecule has 2 aromatic rings. The Hall–Kier alpha value is -2.61. The summed E-state index contributed by atoms with van der Waals surface area (Å²) in [5, 5.41) is 10.00. The molecule has 0 radical (unpaired) electrons. The number of fused-ring (bicyclic) bond motifs is 2. The summed E-state index contributed by atoms with van der Waals surface area (Å²) >= 11 is 0. The van der Waals surface area contributed by atoms with Gasteiger partial charge in [-0.25, -0.2) is 0 Å². The van der Waals surface area contributed by atoms with E-state index in [0.29, 0.717) is 25.7 Å². The van der Waals surface area contributed by atoms with Crippen molar-refractivity contribution < 1.29 is 28.8 Å². The van der Waals surface area contributed by atoms with Gasteiger partial charge in [0.1, 0.15) is 11.7 Å². The van der Waals surface area contributed by atoms with E-state index in [0.717, 1.165) is 61.8 Å². The maximum atomic E-state index is 12.2. The maximum Gasteiger partial charge on any atom is 0.303 e. The first kappa shape index (κ1) is 27.0. The number of likely N-dealkylation sites (tertiary alicyclic amines) is 1. The number of ether oxygens (including phenoxy) is 4. The van der Waals surface area contributed by atoms with Gasteiger partial charge in [0, 0.05) is 48.4 Å². The Morgan fingerprint density at radius 3 is 2.64 bits per heavy atom. The van der Waals surface area contributed by atoms with Gasteiger partial charge in [0.05, 0.1) is 20.3 Å². The van der Waals surface area contributed by atoms with Gasteiger partial charge in [-0.2, -0.15) is 0 Å². The number of rotatable bonds is 11. The van der Waals surface area contributed by atoms with Gasteiger partial charge < -0.3 is 24.1 Å². The number of nitrogens with zero attached hydrogens (tertiary/aromatic N) is 1. The molecule has 4 saturated carbocycles. The summed E-state index contributed by atoms with van der Waals surface area (Å²) in [5.41, 5.74) is 2.99. The average molecular weight is 574 g/mol. The standard InChI is InChI=1S/C35H43NO6/c1-39-27-12-10-24-18-28-33-14-15-35(40-2,26(25(33)11-13-29(37)38)21-41-20-23-6-4-3-5-7-23)32-34(33,30(24)31(27)42-32)16-17-36(28)19-22-8-9-22/h3-7,10,12,22,25-26,28,32H,8-9,11,13-21H2,1-2H3,(H,37,38)/t25-,26-,28+,32+,33?,34?,35?/m0/s1. The van der Waals surface area contributed by atoms with Crippen LogP contribution in [-0.4, -0.2) is 67.6 Å². The van der Waals surface area contributed by atoms with Crippen LogP contribution in [0.15, 0.2) is 42.5 Å². The molecule has 0 amide bonds. The topological polar surface area (TPSA) is 77.5 Å². The van der Waals surface area contributed by atoms with Crippen molar-refractivity contribution in [2.45, 2.75) is 81.1 Å². The molecule has 2 aromatic carbocycles. The number of hydrogen-bond acceptors (Lipinski definition) is 6. The molecule has 42 heavy (non-hydrogen) atoms. The van der Waals surface area contributed by atoms with E-state index >= 15 is 0 Å². The quantitative estimate of drug-likeness (QED) is 0.395. The lowest BCUT2D eigenvalue weighted by Gasteiger charge is -2.76. The van der Waals surface area contributed by atoms with Crippen LogP contribution in [0.1, 0.15) is 61.6 Å². The normalized spacial score (nSPS) is 37.3. The van der Waals surface area contributed by atoms with E-state index in [-0.39, 0.29) is 35.2 Å². The van der Waals surface area contributed by atoms with E-state index in [1.807, 2.05) is 25.3 Å². The van der Waals surface area contributed by atoms with E-state index in [9.17, 15) is 9.90 Å². The van der Waals surface area contributed by atoms with Crippen LogP contribution in [-0.2, 0) is 32.7 Å². The van der Waals surface area contributed by atoms with Crippen molar-refractivity contribution >= 4 is 5.97 Å². The highest BCUT2D eigenvalue weighted by atomic mass is 16.6. The van der Waals surface area contributed by atoms with Gasteiger partial charge in [-0.15, -0.1) is 0 Å². The molecule has 0 aromatic heterocycles. The third-order valence-electron chi connectivity index (χ3n) is 12.4. The van der Waals surface area contributed by atoms with Crippen LogP contribution in [0, 0.1) is 23.2 Å². The molecule has 224 valence electrons. The van der Waals surface area contributed by atoms with Crippen molar-refractivity contribution in [2.24, 2.45) is 23.2 Å². The summed E-state index contributed by atoms with van der Waals surface area (Å²) < 4.78 is 26.4. The summed E-state index contributed by atoms with van der Waals surface area (Å²) in [7, 11) is 3.58. The second-order valence-corrected chi connectivity index (χ2v) is 13.9. The van der Waals surface area contributed by atoms with E-state index in [4.69, 9.17) is 18.9 Å². The van der Waals surface area contributed by atoms with Crippen molar-refractivity contribution in [2.75, 3.05) is 33.9 Å². The second kappa shape index (κ2) is 9.70. The van der Waals surface area contributed by atoms with Gasteiger partial charge in [-0.1, -0.05) is 36.4 Å². The molecule has 9 rings (SSSR count). The van der Waals surface area contributed by atoms with Crippen molar-refractivity contribution in [1.82, 2.24) is 4.90 Å². The molecule has 2 spiro atoms. The Morgan fingerprint density at radius 1 is 1.07 bits per heavy atom. The monoisotopic (exact) mass is 573 g/mol. The molecule has 1 saturated heterocycles. The number of carboxylic acids is 1. The number of benzene rings is 2. The fourth-order valence-electron chi connectivity index (χ4n) is 10.8. The van der Waals surface area contributed by atoms with Gasteiger partial charge >= 0.3 is 5.97 Å². The number of piperidine rings is 1. The summed E-state index contributed by atoms with van der Waals surface area (Å²) in [5.74, 6) is 1.96. The van der Waals surface area contributed by atoms with Crippen LogP contribution >= 0.6 is 0 Å². The number of carboxylic acid groups (broad SMARTS) is 1. The van der Waals surface area contributed by atoms with E-state index in [1.54, 1.807) is 7.11 Å². The van der Waals surface area contributed by atoms with Crippen LogP contribution in [0.3, 0.4) is 0 Å². The molecule has 5 fully saturated rings. The molecule has 7 aliphatic rings. The molecule has 2 heterocycles. The highest BCUT2D eigenvalue weighted by Gasteiger charge is 2.83. The molecule has 1 N–H and O–H groups in total. The predicted molar refractivity (Wildman–Crippen MR) is 157 cm³/mol. The molecule has 5 aliphatic carbocycles. The van der Waals surface area contributed by atoms with Crippen LogP contribution in [0.25, 0.3) is 0 Å².